The number of carbonyl (C=O) groups is 3. The number of likely N-dealkylation sites (N-methyl/N-ethyl adjacent to an activating group) is 1. The van der Waals surface area contributed by atoms with Gasteiger partial charge >= 0.3 is 36.4 Å². The molecule has 2 fully saturated rings. The molecule has 0 amide bonds. The van der Waals surface area contributed by atoms with E-state index in [1.165, 1.54) is 12.4 Å². The SMILES string of the molecule is CN1CCC(COCc2ccccn2)CC12CN(c1ncc(F)cn1)C2.O=C(O)C(F)(F)F.O=C(O)C(F)(F)F.O=C(O)C(F)(F)F. The molecule has 1 spiro atoms. The summed E-state index contributed by atoms with van der Waals surface area (Å²) in [5.41, 5.74) is 1.12. The van der Waals surface area contributed by atoms with Crippen molar-refractivity contribution in [2.24, 2.45) is 5.92 Å². The van der Waals surface area contributed by atoms with Crippen LogP contribution in [0.5, 0.6) is 0 Å². The van der Waals surface area contributed by atoms with Crippen LogP contribution < -0.4 is 4.90 Å². The lowest BCUT2D eigenvalue weighted by molar-refractivity contribution is -0.193. The number of alkyl halides is 9. The lowest BCUT2D eigenvalue weighted by Crippen LogP contribution is -2.72. The number of pyridine rings is 1. The summed E-state index contributed by atoms with van der Waals surface area (Å²) in [6, 6.07) is 5.89. The van der Waals surface area contributed by atoms with Gasteiger partial charge in [-0.1, -0.05) is 6.07 Å². The number of likely N-dealkylation sites (tertiary alicyclic amines) is 1. The van der Waals surface area contributed by atoms with E-state index in [0.29, 0.717) is 18.5 Å². The van der Waals surface area contributed by atoms with Crippen LogP contribution in [0.3, 0.4) is 0 Å². The molecule has 3 N–H and O–H groups in total. The zero-order valence-electron chi connectivity index (χ0n) is 24.0. The second kappa shape index (κ2) is 17.0. The molecule has 47 heavy (non-hydrogen) atoms. The van der Waals surface area contributed by atoms with Gasteiger partial charge in [-0.2, -0.15) is 39.5 Å². The van der Waals surface area contributed by atoms with Gasteiger partial charge < -0.3 is 25.0 Å². The fourth-order valence-electron chi connectivity index (χ4n) is 4.01. The number of piperidine rings is 1. The van der Waals surface area contributed by atoms with Crippen LogP contribution >= 0.6 is 0 Å². The summed E-state index contributed by atoms with van der Waals surface area (Å²) < 4.78 is 114. The Kier molecular flexibility index (Phi) is 14.7. The van der Waals surface area contributed by atoms with Gasteiger partial charge in [-0.15, -0.1) is 0 Å². The summed E-state index contributed by atoms with van der Waals surface area (Å²) in [7, 11) is 2.19. The van der Waals surface area contributed by atoms with E-state index in [-0.39, 0.29) is 5.54 Å². The predicted molar refractivity (Wildman–Crippen MR) is 137 cm³/mol. The molecule has 0 aliphatic carbocycles. The molecule has 1 unspecified atom stereocenters. The number of carboxylic acids is 3. The molecule has 4 rings (SSSR count). The molecule has 0 aromatic carbocycles. The molecule has 2 saturated heterocycles. The Labute approximate surface area is 258 Å². The fraction of sp³-hybridized carbons (Fsp3) is 0.520. The maximum atomic E-state index is 13.0. The molecule has 12 nitrogen and oxygen atoms in total. The molecule has 2 aromatic heterocycles. The summed E-state index contributed by atoms with van der Waals surface area (Å²) in [6.45, 7) is 4.16. The van der Waals surface area contributed by atoms with Crippen molar-refractivity contribution in [2.75, 3.05) is 38.2 Å². The Morgan fingerprint density at radius 1 is 0.872 bits per heavy atom. The van der Waals surface area contributed by atoms with Crippen molar-refractivity contribution in [3.63, 3.8) is 0 Å². The quantitative estimate of drug-likeness (QED) is 0.385. The molecule has 22 heteroatoms. The van der Waals surface area contributed by atoms with Crippen molar-refractivity contribution < 1.29 is 78.3 Å². The fourth-order valence-corrected chi connectivity index (χ4v) is 4.01. The van der Waals surface area contributed by atoms with E-state index in [9.17, 15) is 43.9 Å². The second-order valence-electron chi connectivity index (χ2n) is 9.81. The predicted octanol–water partition coefficient (Wildman–Crippen LogP) is 4.03. The van der Waals surface area contributed by atoms with Gasteiger partial charge in [-0.25, -0.2) is 28.7 Å². The van der Waals surface area contributed by atoms with Gasteiger partial charge in [0.1, 0.15) is 0 Å². The number of aliphatic carboxylic acids is 3. The van der Waals surface area contributed by atoms with Gasteiger partial charge in [0.05, 0.1) is 36.8 Å². The number of hydrogen-bond acceptors (Lipinski definition) is 9. The molecule has 0 radical (unpaired) electrons. The number of rotatable bonds is 5. The minimum absolute atomic E-state index is 0.148. The first-order valence-corrected chi connectivity index (χ1v) is 12.8. The van der Waals surface area contributed by atoms with Crippen molar-refractivity contribution in [1.29, 1.82) is 0 Å². The summed E-state index contributed by atoms with van der Waals surface area (Å²) in [6.07, 6.45) is -8.75. The molecule has 2 aromatic rings. The van der Waals surface area contributed by atoms with E-state index in [0.717, 1.165) is 44.8 Å². The highest BCUT2D eigenvalue weighted by Gasteiger charge is 2.50. The van der Waals surface area contributed by atoms with Crippen molar-refractivity contribution in [3.05, 3.63) is 48.3 Å². The molecule has 4 heterocycles. The maximum absolute atomic E-state index is 13.0. The van der Waals surface area contributed by atoms with Crippen molar-refractivity contribution in [3.8, 4) is 0 Å². The highest BCUT2D eigenvalue weighted by Crippen LogP contribution is 2.39. The van der Waals surface area contributed by atoms with E-state index < -0.39 is 42.3 Å². The third-order valence-electron chi connectivity index (χ3n) is 6.27. The minimum atomic E-state index is -5.08. The number of carboxylic acid groups (broad SMARTS) is 3. The van der Waals surface area contributed by atoms with Crippen LogP contribution in [0.15, 0.2) is 36.8 Å². The largest absolute Gasteiger partial charge is 0.490 e. The highest BCUT2D eigenvalue weighted by atomic mass is 19.4. The molecule has 2 aliphatic heterocycles. The van der Waals surface area contributed by atoms with E-state index in [1.807, 2.05) is 18.2 Å². The summed E-state index contributed by atoms with van der Waals surface area (Å²) in [5, 5.41) is 21.4. The molecule has 264 valence electrons. The number of aromatic nitrogens is 3. The summed E-state index contributed by atoms with van der Waals surface area (Å²) in [5.74, 6) is -7.51. The first-order valence-electron chi connectivity index (χ1n) is 12.8. The lowest BCUT2D eigenvalue weighted by atomic mass is 9.75. The van der Waals surface area contributed by atoms with Crippen LogP contribution in [0.1, 0.15) is 18.5 Å². The van der Waals surface area contributed by atoms with E-state index in [1.54, 1.807) is 6.20 Å². The third kappa shape index (κ3) is 14.3. The van der Waals surface area contributed by atoms with Gasteiger partial charge in [-0.05, 0) is 44.5 Å². The van der Waals surface area contributed by atoms with Crippen LogP contribution in [-0.2, 0) is 25.7 Å². The molecule has 0 bridgehead atoms. The Balaban J connectivity index is 0.000000430. The van der Waals surface area contributed by atoms with Gasteiger partial charge in [0.15, 0.2) is 5.82 Å². The Bertz CT molecular complexity index is 1230. The van der Waals surface area contributed by atoms with E-state index in [4.69, 9.17) is 34.4 Å². The third-order valence-corrected chi connectivity index (χ3v) is 6.27. The molecular formula is C25H27F10N5O7. The minimum Gasteiger partial charge on any atom is -0.475 e. The molecular weight excluding hydrogens is 672 g/mol. The lowest BCUT2D eigenvalue weighted by Gasteiger charge is -2.58. The highest BCUT2D eigenvalue weighted by molar-refractivity contribution is 5.73. The Hall–Kier alpha value is -4.34. The topological polar surface area (TPSA) is 166 Å². The number of anilines is 1. The molecule has 1 atom stereocenters. The number of hydrogen-bond donors (Lipinski definition) is 3. The zero-order chi connectivity index (χ0) is 36.2. The average molecular weight is 699 g/mol. The summed E-state index contributed by atoms with van der Waals surface area (Å²) >= 11 is 0. The molecule has 2 aliphatic rings. The number of nitrogens with zero attached hydrogens (tertiary/aromatic N) is 5. The van der Waals surface area contributed by atoms with Gasteiger partial charge in [0, 0.05) is 19.3 Å². The smallest absolute Gasteiger partial charge is 0.475 e. The Morgan fingerprint density at radius 2 is 1.34 bits per heavy atom. The van der Waals surface area contributed by atoms with Crippen molar-refractivity contribution in [2.45, 2.75) is 43.5 Å². The number of halogens is 10. The zero-order valence-corrected chi connectivity index (χ0v) is 24.0. The number of ether oxygens (including phenoxy) is 1. The van der Waals surface area contributed by atoms with Crippen molar-refractivity contribution >= 4 is 23.9 Å². The van der Waals surface area contributed by atoms with Crippen LogP contribution in [0.4, 0.5) is 49.9 Å². The van der Waals surface area contributed by atoms with Crippen LogP contribution in [0.25, 0.3) is 0 Å². The summed E-state index contributed by atoms with van der Waals surface area (Å²) in [4.78, 5) is 43.7. The van der Waals surface area contributed by atoms with Crippen LogP contribution in [0, 0.1) is 11.7 Å². The van der Waals surface area contributed by atoms with Gasteiger partial charge in [-0.3, -0.25) is 9.88 Å². The maximum Gasteiger partial charge on any atom is 0.490 e. The van der Waals surface area contributed by atoms with E-state index >= 15 is 0 Å². The first-order chi connectivity index (χ1) is 21.5. The first kappa shape index (κ1) is 40.7. The van der Waals surface area contributed by atoms with Gasteiger partial charge in [0.25, 0.3) is 0 Å². The standard InChI is InChI=1S/C19H24FN5O.3C2HF3O2/c1-24-7-5-15(11-26-12-17-4-2-3-6-21-17)8-19(24)13-25(14-19)18-22-9-16(20)10-23-18;3*3-2(4,5)1(6)7/h2-4,6,9-10,15H,5,7-8,11-14H2,1H3;3*(H,6,7). The van der Waals surface area contributed by atoms with Gasteiger partial charge in [0.2, 0.25) is 5.95 Å². The van der Waals surface area contributed by atoms with E-state index in [2.05, 4.69) is 31.8 Å². The van der Waals surface area contributed by atoms with Crippen LogP contribution in [-0.4, -0.2) is 110 Å². The second-order valence-corrected chi connectivity index (χ2v) is 9.81. The average Bonchev–Trinajstić information content (AvgIpc) is 2.93. The van der Waals surface area contributed by atoms with Crippen LogP contribution in [0.2, 0.25) is 0 Å². The van der Waals surface area contributed by atoms with Crippen molar-refractivity contribution in [1.82, 2.24) is 19.9 Å². The Morgan fingerprint density at radius 3 is 1.74 bits per heavy atom. The normalized spacial score (nSPS) is 17.4. The molecule has 0 saturated carbocycles. The monoisotopic (exact) mass is 699 g/mol.